The first-order valence-electron chi connectivity index (χ1n) is 8.06. The van der Waals surface area contributed by atoms with Crippen molar-refractivity contribution in [3.8, 4) is 0 Å². The summed E-state index contributed by atoms with van der Waals surface area (Å²) in [4.78, 5) is 43.9. The van der Waals surface area contributed by atoms with Gasteiger partial charge < -0.3 is 28.6 Å². The maximum atomic E-state index is 11.8. The molecular formula is C14H17B2N3O9S. The zero-order valence-corrected chi connectivity index (χ0v) is 16.8. The summed E-state index contributed by atoms with van der Waals surface area (Å²) in [6, 6.07) is 0. The lowest BCUT2D eigenvalue weighted by Gasteiger charge is -2.20. The van der Waals surface area contributed by atoms with Gasteiger partial charge >= 0.3 is 33.2 Å². The molecule has 1 aliphatic rings. The predicted octanol–water partition coefficient (Wildman–Crippen LogP) is 0.302. The van der Waals surface area contributed by atoms with E-state index in [0.29, 0.717) is 0 Å². The number of ether oxygens (including phenoxy) is 1. The number of carbonyl (C=O) groups excluding carboxylic acids is 2. The molecule has 0 aliphatic carbocycles. The van der Waals surface area contributed by atoms with Gasteiger partial charge in [-0.15, -0.1) is 11.3 Å². The highest BCUT2D eigenvalue weighted by atomic mass is 32.1. The fourth-order valence-electron chi connectivity index (χ4n) is 1.72. The number of hydrogen-bond donors (Lipinski definition) is 2. The van der Waals surface area contributed by atoms with E-state index in [9.17, 15) is 19.5 Å². The number of carboxylic acids is 1. The van der Waals surface area contributed by atoms with Crippen molar-refractivity contribution in [3.63, 3.8) is 0 Å². The predicted molar refractivity (Wildman–Crippen MR) is 103 cm³/mol. The SMILES string of the molecule is BOC(=O)/C(=C\B1OCO1)O/N=C(\C(=O)O)c1csc(NC(=O)OC(C)(C)C)n1. The van der Waals surface area contributed by atoms with Crippen molar-refractivity contribution < 1.29 is 43.0 Å². The maximum absolute atomic E-state index is 11.8. The molecule has 154 valence electrons. The zero-order valence-electron chi connectivity index (χ0n) is 16.0. The van der Waals surface area contributed by atoms with E-state index in [4.69, 9.17) is 18.9 Å². The first kappa shape index (κ1) is 22.4. The molecule has 0 unspecified atom stereocenters. The quantitative estimate of drug-likeness (QED) is 0.205. The Hall–Kier alpha value is -2.90. The third-order valence-electron chi connectivity index (χ3n) is 2.93. The van der Waals surface area contributed by atoms with Gasteiger partial charge in [0.05, 0.1) is 0 Å². The Morgan fingerprint density at radius 2 is 2.10 bits per heavy atom. The number of thiazole rings is 1. The second kappa shape index (κ2) is 9.54. The number of anilines is 1. The van der Waals surface area contributed by atoms with Crippen LogP contribution in [0.2, 0.25) is 0 Å². The first-order chi connectivity index (χ1) is 13.6. The Balaban J connectivity index is 2.15. The molecule has 0 bridgehead atoms. The van der Waals surface area contributed by atoms with E-state index in [1.807, 2.05) is 0 Å². The Morgan fingerprint density at radius 1 is 1.41 bits per heavy atom. The third-order valence-corrected chi connectivity index (χ3v) is 3.69. The lowest BCUT2D eigenvalue weighted by atomic mass is 9.87. The topological polar surface area (TPSA) is 155 Å². The van der Waals surface area contributed by atoms with E-state index < -0.39 is 42.2 Å². The van der Waals surface area contributed by atoms with E-state index in [2.05, 4.69) is 20.1 Å². The summed E-state index contributed by atoms with van der Waals surface area (Å²) in [5.74, 6) is -1.68. The molecule has 1 saturated heterocycles. The van der Waals surface area contributed by atoms with E-state index in [1.165, 1.54) is 5.38 Å². The number of amides is 1. The second-order valence-corrected chi connectivity index (χ2v) is 7.20. The van der Waals surface area contributed by atoms with Gasteiger partial charge in [0.15, 0.2) is 5.13 Å². The molecule has 0 atom stereocenters. The molecule has 12 nitrogen and oxygen atoms in total. The average molecular weight is 425 g/mol. The maximum Gasteiger partial charge on any atom is 0.493 e. The van der Waals surface area contributed by atoms with Crippen molar-refractivity contribution in [2.75, 3.05) is 12.1 Å². The van der Waals surface area contributed by atoms with Gasteiger partial charge in [-0.2, -0.15) is 0 Å². The van der Waals surface area contributed by atoms with Crippen LogP contribution in [0, 0.1) is 0 Å². The third kappa shape index (κ3) is 6.89. The molecule has 2 rings (SSSR count). The molecule has 0 spiro atoms. The van der Waals surface area contributed by atoms with Crippen molar-refractivity contribution in [3.05, 3.63) is 22.8 Å². The lowest BCUT2D eigenvalue weighted by Crippen LogP contribution is -2.35. The fourth-order valence-corrected chi connectivity index (χ4v) is 2.40. The Morgan fingerprint density at radius 3 is 2.62 bits per heavy atom. The highest BCUT2D eigenvalue weighted by molar-refractivity contribution is 7.14. The van der Waals surface area contributed by atoms with Crippen LogP contribution in [0.3, 0.4) is 0 Å². The zero-order chi connectivity index (χ0) is 21.6. The number of carboxylic acid groups (broad SMARTS) is 1. The summed E-state index contributed by atoms with van der Waals surface area (Å²) in [6.07, 6.45) is -0.750. The van der Waals surface area contributed by atoms with Gasteiger partial charge in [-0.1, -0.05) is 5.16 Å². The molecule has 29 heavy (non-hydrogen) atoms. The number of rotatable bonds is 7. The van der Waals surface area contributed by atoms with Gasteiger partial charge in [0.2, 0.25) is 11.5 Å². The summed E-state index contributed by atoms with van der Waals surface area (Å²) in [5, 5.41) is 16.6. The number of carbonyl (C=O) groups is 3. The summed E-state index contributed by atoms with van der Waals surface area (Å²) >= 11 is 0.949. The molecule has 1 aromatic heterocycles. The molecule has 15 heteroatoms. The van der Waals surface area contributed by atoms with Crippen LogP contribution < -0.4 is 5.32 Å². The minimum atomic E-state index is -1.47. The molecule has 1 aromatic rings. The van der Waals surface area contributed by atoms with Crippen LogP contribution >= 0.6 is 11.3 Å². The molecule has 1 aliphatic heterocycles. The number of nitrogens with zero attached hydrogens (tertiary/aromatic N) is 2. The minimum Gasteiger partial charge on any atom is -0.538 e. The average Bonchev–Trinajstić information content (AvgIpc) is 3.01. The van der Waals surface area contributed by atoms with Crippen molar-refractivity contribution in [2.24, 2.45) is 5.16 Å². The smallest absolute Gasteiger partial charge is 0.493 e. The van der Waals surface area contributed by atoms with Crippen molar-refractivity contribution in [1.82, 2.24) is 4.98 Å². The van der Waals surface area contributed by atoms with Crippen molar-refractivity contribution in [2.45, 2.75) is 26.4 Å². The summed E-state index contributed by atoms with van der Waals surface area (Å²) in [6.45, 7) is 5.13. The summed E-state index contributed by atoms with van der Waals surface area (Å²) in [5.41, 5.74) is -1.42. The number of hydrogen-bond acceptors (Lipinski definition) is 11. The fraction of sp³-hybridized carbons (Fsp3) is 0.357. The largest absolute Gasteiger partial charge is 0.538 e. The van der Waals surface area contributed by atoms with Gasteiger partial charge in [0, 0.05) is 5.38 Å². The van der Waals surface area contributed by atoms with Crippen LogP contribution in [0.5, 0.6) is 0 Å². The van der Waals surface area contributed by atoms with Gasteiger partial charge in [0.25, 0.3) is 0 Å². The van der Waals surface area contributed by atoms with Crippen molar-refractivity contribution >= 4 is 55.4 Å². The van der Waals surface area contributed by atoms with Gasteiger partial charge in [-0.05, 0) is 26.7 Å². The number of aliphatic carboxylic acids is 1. The Kier molecular flexibility index (Phi) is 7.36. The standard InChI is InChI=1S/C14H17B2N3O9S/c1-14(2,3)26-13(23)18-12-17-7(5-29-12)9(10(20)21)19-28-8(11(22)27-15)4-16-24-6-25-16/h4-5H,6,15H2,1-3H3,(H,20,21)(H,17,18,23)/b8-4+,19-9-. The molecule has 1 amide bonds. The highest BCUT2D eigenvalue weighted by Crippen LogP contribution is 2.18. The van der Waals surface area contributed by atoms with Crippen LogP contribution in [0.1, 0.15) is 26.5 Å². The first-order valence-corrected chi connectivity index (χ1v) is 8.94. The molecule has 1 fully saturated rings. The minimum absolute atomic E-state index is 0.0471. The summed E-state index contributed by atoms with van der Waals surface area (Å²) in [7, 11) is 0.273. The van der Waals surface area contributed by atoms with Crippen LogP contribution in [-0.4, -0.2) is 61.4 Å². The van der Waals surface area contributed by atoms with Gasteiger partial charge in [-0.25, -0.2) is 19.4 Å². The van der Waals surface area contributed by atoms with E-state index in [1.54, 1.807) is 20.8 Å². The molecule has 2 heterocycles. The van der Waals surface area contributed by atoms with Crippen LogP contribution in [0.25, 0.3) is 0 Å². The van der Waals surface area contributed by atoms with E-state index >= 15 is 0 Å². The molecule has 0 saturated carbocycles. The highest BCUT2D eigenvalue weighted by Gasteiger charge is 2.28. The number of aromatic nitrogens is 1. The monoisotopic (exact) mass is 425 g/mol. The van der Waals surface area contributed by atoms with E-state index in [0.717, 1.165) is 25.4 Å². The Labute approximate surface area is 170 Å². The summed E-state index contributed by atoms with van der Waals surface area (Å²) < 4.78 is 19.5. The van der Waals surface area contributed by atoms with Crippen molar-refractivity contribution in [1.29, 1.82) is 0 Å². The number of oxime groups is 1. The van der Waals surface area contributed by atoms with Gasteiger partial charge in [0.1, 0.15) is 18.1 Å². The van der Waals surface area contributed by atoms with Crippen LogP contribution in [0.4, 0.5) is 9.93 Å². The second-order valence-electron chi connectivity index (χ2n) is 6.34. The normalized spacial score (nSPS) is 14.7. The van der Waals surface area contributed by atoms with Crippen LogP contribution in [-0.2, 0) is 33.1 Å². The van der Waals surface area contributed by atoms with Gasteiger partial charge in [-0.3, -0.25) is 5.32 Å². The Bertz CT molecular complexity index is 846. The number of nitrogens with one attached hydrogen (secondary N) is 1. The van der Waals surface area contributed by atoms with E-state index in [-0.39, 0.29) is 17.6 Å². The molecule has 0 aromatic carbocycles. The van der Waals surface area contributed by atoms with Crippen LogP contribution in [0.15, 0.2) is 22.3 Å². The molecule has 0 radical (unpaired) electrons. The lowest BCUT2D eigenvalue weighted by molar-refractivity contribution is -0.134. The molecule has 2 N–H and O–H groups in total. The molecular weight excluding hydrogens is 408 g/mol.